The van der Waals surface area contributed by atoms with Crippen molar-refractivity contribution in [3.63, 3.8) is 0 Å². The van der Waals surface area contributed by atoms with Gasteiger partial charge in [-0.25, -0.2) is 0 Å². The maximum atomic E-state index is 11.2. The second-order valence-corrected chi connectivity index (χ2v) is 4.41. The summed E-state index contributed by atoms with van der Waals surface area (Å²) in [7, 11) is 0. The van der Waals surface area contributed by atoms with E-state index in [0.29, 0.717) is 0 Å². The van der Waals surface area contributed by atoms with E-state index in [-0.39, 0.29) is 23.1 Å². The van der Waals surface area contributed by atoms with E-state index >= 15 is 0 Å². The van der Waals surface area contributed by atoms with Gasteiger partial charge in [-0.15, -0.1) is 0 Å². The van der Waals surface area contributed by atoms with E-state index in [1.165, 1.54) is 6.08 Å². The topological polar surface area (TPSA) is 63.4 Å². The summed E-state index contributed by atoms with van der Waals surface area (Å²) in [6.07, 6.45) is 3.03. The Morgan fingerprint density at radius 2 is 2.00 bits per heavy atom. The molecule has 1 aliphatic heterocycles. The lowest BCUT2D eigenvalue weighted by atomic mass is 9.57. The first-order valence-electron chi connectivity index (χ1n) is 4.77. The monoisotopic (exact) mass is 194 g/mol. The number of likely N-dealkylation sites (tertiary alicyclic amines) is 1. The molecule has 0 unspecified atom stereocenters. The van der Waals surface area contributed by atoms with E-state index in [4.69, 9.17) is 5.73 Å². The zero-order valence-corrected chi connectivity index (χ0v) is 8.03. The van der Waals surface area contributed by atoms with Gasteiger partial charge in [0.2, 0.25) is 11.8 Å². The summed E-state index contributed by atoms with van der Waals surface area (Å²) in [6.45, 7) is 4.96. The summed E-state index contributed by atoms with van der Waals surface area (Å²) in [5.41, 5.74) is 5.39. The van der Waals surface area contributed by atoms with Crippen LogP contribution in [0.4, 0.5) is 0 Å². The first-order valence-corrected chi connectivity index (χ1v) is 4.77. The molecule has 0 aromatic heterocycles. The number of hydrogen-bond acceptors (Lipinski definition) is 2. The Labute approximate surface area is 82.7 Å². The molecule has 2 aliphatic rings. The number of rotatable bonds is 2. The van der Waals surface area contributed by atoms with Crippen molar-refractivity contribution in [2.24, 2.45) is 17.1 Å². The Morgan fingerprint density at radius 1 is 1.43 bits per heavy atom. The van der Waals surface area contributed by atoms with Crippen molar-refractivity contribution >= 4 is 11.8 Å². The largest absolute Gasteiger partial charge is 0.369 e. The van der Waals surface area contributed by atoms with Crippen LogP contribution in [0.5, 0.6) is 0 Å². The Balaban J connectivity index is 1.82. The molecule has 0 radical (unpaired) electrons. The van der Waals surface area contributed by atoms with Crippen LogP contribution in [-0.4, -0.2) is 29.8 Å². The summed E-state index contributed by atoms with van der Waals surface area (Å²) >= 11 is 0. The highest BCUT2D eigenvalue weighted by Crippen LogP contribution is 2.51. The fraction of sp³-hybridized carbons (Fsp3) is 0.600. The molecule has 1 spiro atoms. The number of carbonyl (C=O) groups is 2. The van der Waals surface area contributed by atoms with Gasteiger partial charge in [0.15, 0.2) is 0 Å². The third-order valence-electron chi connectivity index (χ3n) is 3.30. The molecule has 1 heterocycles. The van der Waals surface area contributed by atoms with E-state index < -0.39 is 0 Å². The summed E-state index contributed by atoms with van der Waals surface area (Å²) in [5.74, 6) is -0.182. The number of nitrogens with zero attached hydrogens (tertiary/aromatic N) is 1. The van der Waals surface area contributed by atoms with E-state index in [1.807, 2.05) is 0 Å². The summed E-state index contributed by atoms with van der Waals surface area (Å²) < 4.78 is 0. The number of carbonyl (C=O) groups excluding carboxylic acids is 2. The van der Waals surface area contributed by atoms with Gasteiger partial charge < -0.3 is 10.6 Å². The molecule has 1 saturated heterocycles. The molecule has 1 aliphatic carbocycles. The van der Waals surface area contributed by atoms with Gasteiger partial charge in [-0.1, -0.05) is 6.58 Å². The molecular weight excluding hydrogens is 180 g/mol. The molecule has 0 aromatic carbocycles. The van der Waals surface area contributed by atoms with Crippen LogP contribution in [0.15, 0.2) is 12.7 Å². The van der Waals surface area contributed by atoms with Crippen molar-refractivity contribution < 1.29 is 9.59 Å². The van der Waals surface area contributed by atoms with E-state index in [1.54, 1.807) is 4.90 Å². The van der Waals surface area contributed by atoms with E-state index in [0.717, 1.165) is 25.9 Å². The zero-order valence-electron chi connectivity index (χ0n) is 8.03. The molecule has 76 valence electrons. The number of nitrogens with two attached hydrogens (primary N) is 1. The highest BCUT2D eigenvalue weighted by atomic mass is 16.2. The lowest BCUT2D eigenvalue weighted by Crippen LogP contribution is -2.64. The second kappa shape index (κ2) is 2.83. The minimum absolute atomic E-state index is 0.0156. The van der Waals surface area contributed by atoms with Crippen LogP contribution in [0.3, 0.4) is 0 Å². The lowest BCUT2D eigenvalue weighted by molar-refractivity contribution is -0.154. The average Bonchev–Trinajstić information content (AvgIpc) is 1.98. The molecule has 2 fully saturated rings. The molecule has 2 amide bonds. The van der Waals surface area contributed by atoms with Crippen molar-refractivity contribution in [1.29, 1.82) is 0 Å². The Hall–Kier alpha value is -1.32. The molecule has 2 rings (SSSR count). The van der Waals surface area contributed by atoms with E-state index in [9.17, 15) is 9.59 Å². The van der Waals surface area contributed by atoms with Crippen molar-refractivity contribution in [3.05, 3.63) is 12.7 Å². The molecule has 0 bridgehead atoms. The van der Waals surface area contributed by atoms with Gasteiger partial charge in [0, 0.05) is 24.4 Å². The maximum absolute atomic E-state index is 11.2. The summed E-state index contributed by atoms with van der Waals surface area (Å²) in [4.78, 5) is 23.7. The normalized spacial score (nSPS) is 23.9. The van der Waals surface area contributed by atoms with Gasteiger partial charge in [0.05, 0.1) is 0 Å². The van der Waals surface area contributed by atoms with Crippen LogP contribution in [0.1, 0.15) is 12.8 Å². The van der Waals surface area contributed by atoms with Crippen molar-refractivity contribution in [2.75, 3.05) is 13.1 Å². The van der Waals surface area contributed by atoms with Crippen LogP contribution in [0, 0.1) is 11.3 Å². The third-order valence-corrected chi connectivity index (χ3v) is 3.30. The van der Waals surface area contributed by atoms with Crippen LogP contribution in [-0.2, 0) is 9.59 Å². The summed E-state index contributed by atoms with van der Waals surface area (Å²) in [5, 5.41) is 0. The lowest BCUT2D eigenvalue weighted by Gasteiger charge is -2.58. The highest BCUT2D eigenvalue weighted by Gasteiger charge is 2.54. The molecule has 0 aromatic rings. The first-order chi connectivity index (χ1) is 6.56. The standard InChI is InChI=1S/C10H14N2O2/c1-2-8(13)12-5-10(6-12)3-7(4-10)9(11)14/h2,7H,1,3-6H2,(H2,11,14). The quantitative estimate of drug-likeness (QED) is 0.624. The molecule has 2 N–H and O–H groups in total. The second-order valence-electron chi connectivity index (χ2n) is 4.41. The third kappa shape index (κ3) is 1.22. The smallest absolute Gasteiger partial charge is 0.245 e. The molecule has 4 heteroatoms. The van der Waals surface area contributed by atoms with Crippen LogP contribution in [0.25, 0.3) is 0 Å². The predicted molar refractivity (Wildman–Crippen MR) is 51.1 cm³/mol. The highest BCUT2D eigenvalue weighted by molar-refractivity contribution is 5.88. The van der Waals surface area contributed by atoms with Gasteiger partial charge in [-0.2, -0.15) is 0 Å². The molecular formula is C10H14N2O2. The zero-order chi connectivity index (χ0) is 10.3. The van der Waals surface area contributed by atoms with Gasteiger partial charge in [-0.05, 0) is 18.9 Å². The Kier molecular flexibility index (Phi) is 1.87. The maximum Gasteiger partial charge on any atom is 0.245 e. The van der Waals surface area contributed by atoms with Crippen molar-refractivity contribution in [1.82, 2.24) is 4.90 Å². The molecule has 0 atom stereocenters. The SMILES string of the molecule is C=CC(=O)N1CC2(CC(C(N)=O)C2)C1. The van der Waals surface area contributed by atoms with Crippen LogP contribution >= 0.6 is 0 Å². The van der Waals surface area contributed by atoms with Gasteiger partial charge >= 0.3 is 0 Å². The number of amides is 2. The molecule has 14 heavy (non-hydrogen) atoms. The van der Waals surface area contributed by atoms with Crippen LogP contribution in [0.2, 0.25) is 0 Å². The van der Waals surface area contributed by atoms with Crippen molar-refractivity contribution in [2.45, 2.75) is 12.8 Å². The fourth-order valence-electron chi connectivity index (χ4n) is 2.49. The minimum Gasteiger partial charge on any atom is -0.369 e. The minimum atomic E-state index is -0.205. The van der Waals surface area contributed by atoms with E-state index in [2.05, 4.69) is 6.58 Å². The summed E-state index contributed by atoms with van der Waals surface area (Å²) in [6, 6.07) is 0. The number of hydrogen-bond donors (Lipinski definition) is 1. The van der Waals surface area contributed by atoms with Gasteiger partial charge in [-0.3, -0.25) is 9.59 Å². The number of primary amides is 1. The fourth-order valence-corrected chi connectivity index (χ4v) is 2.49. The average molecular weight is 194 g/mol. The molecule has 4 nitrogen and oxygen atoms in total. The Bertz CT molecular complexity index is 297. The van der Waals surface area contributed by atoms with Gasteiger partial charge in [0.1, 0.15) is 0 Å². The Morgan fingerprint density at radius 3 is 2.43 bits per heavy atom. The predicted octanol–water partition coefficient (Wildman–Crippen LogP) is -0.104. The molecule has 1 saturated carbocycles. The first kappa shape index (κ1) is 9.24. The van der Waals surface area contributed by atoms with Crippen molar-refractivity contribution in [3.8, 4) is 0 Å². The van der Waals surface area contributed by atoms with Crippen LogP contribution < -0.4 is 5.73 Å². The van der Waals surface area contributed by atoms with Gasteiger partial charge in [0.25, 0.3) is 0 Å².